The molecule has 6 heteroatoms. The van der Waals surface area contributed by atoms with Crippen molar-refractivity contribution in [2.75, 3.05) is 32.7 Å². The van der Waals surface area contributed by atoms with Crippen LogP contribution in [0.2, 0.25) is 0 Å². The van der Waals surface area contributed by atoms with Crippen LogP contribution in [0.5, 0.6) is 0 Å². The summed E-state index contributed by atoms with van der Waals surface area (Å²) in [4.78, 5) is 30.0. The van der Waals surface area contributed by atoms with Crippen LogP contribution < -0.4 is 5.32 Å². The van der Waals surface area contributed by atoms with E-state index in [0.29, 0.717) is 32.7 Å². The Labute approximate surface area is 157 Å². The molecule has 0 spiro atoms. The molecule has 1 aromatic carbocycles. The van der Waals surface area contributed by atoms with Gasteiger partial charge in [-0.2, -0.15) is 0 Å². The van der Waals surface area contributed by atoms with Crippen molar-refractivity contribution in [3.8, 4) is 10.4 Å². The molecule has 1 fully saturated rings. The third kappa shape index (κ3) is 4.52. The molecule has 3 rings (SSSR count). The number of carbonyl (C=O) groups is 2. The zero-order chi connectivity index (χ0) is 18.4. The summed E-state index contributed by atoms with van der Waals surface area (Å²) in [6.07, 6.45) is 3.50. The highest BCUT2D eigenvalue weighted by molar-refractivity contribution is 7.16. The highest BCUT2D eigenvalue weighted by Crippen LogP contribution is 2.28. The highest BCUT2D eigenvalue weighted by atomic mass is 32.1. The standard InChI is InChI=1S/C20H23N3O2S/c1-2-21-20(25)23-14-12-22(13-15-23)19(24)11-9-17-8-10-18(26-17)16-6-4-3-5-7-16/h3-11H,2,12-15H2,1H3,(H,21,25)/b11-9+. The first-order chi connectivity index (χ1) is 12.7. The van der Waals surface area contributed by atoms with Gasteiger partial charge in [0.05, 0.1) is 0 Å². The number of nitrogens with one attached hydrogen (secondary N) is 1. The van der Waals surface area contributed by atoms with Crippen LogP contribution in [0.4, 0.5) is 4.79 Å². The second-order valence-electron chi connectivity index (χ2n) is 6.05. The van der Waals surface area contributed by atoms with Gasteiger partial charge >= 0.3 is 6.03 Å². The Bertz CT molecular complexity index is 777. The predicted molar refractivity (Wildman–Crippen MR) is 106 cm³/mol. The van der Waals surface area contributed by atoms with Crippen molar-refractivity contribution in [2.24, 2.45) is 0 Å². The minimum atomic E-state index is -0.0535. The number of piperazine rings is 1. The molecule has 1 aliphatic heterocycles. The molecule has 0 saturated carbocycles. The van der Waals surface area contributed by atoms with E-state index in [1.165, 1.54) is 10.4 Å². The number of amides is 3. The molecule has 136 valence electrons. The fraction of sp³-hybridized carbons (Fsp3) is 0.300. The number of nitrogens with zero attached hydrogens (tertiary/aromatic N) is 2. The summed E-state index contributed by atoms with van der Waals surface area (Å²) in [6.45, 7) is 4.80. The maximum absolute atomic E-state index is 12.4. The molecule has 1 aliphatic rings. The average molecular weight is 369 g/mol. The van der Waals surface area contributed by atoms with Crippen molar-refractivity contribution in [1.82, 2.24) is 15.1 Å². The van der Waals surface area contributed by atoms with Gasteiger partial charge in [0, 0.05) is 48.6 Å². The van der Waals surface area contributed by atoms with E-state index in [9.17, 15) is 9.59 Å². The third-order valence-electron chi connectivity index (χ3n) is 4.28. The summed E-state index contributed by atoms with van der Waals surface area (Å²) in [5, 5.41) is 2.79. The van der Waals surface area contributed by atoms with Gasteiger partial charge in [-0.15, -0.1) is 11.3 Å². The second-order valence-corrected chi connectivity index (χ2v) is 7.16. The molecule has 1 saturated heterocycles. The van der Waals surface area contributed by atoms with E-state index in [0.717, 1.165) is 4.88 Å². The van der Waals surface area contributed by atoms with Crippen LogP contribution in [0.15, 0.2) is 48.5 Å². The van der Waals surface area contributed by atoms with Gasteiger partial charge in [-0.25, -0.2) is 4.79 Å². The summed E-state index contributed by atoms with van der Waals surface area (Å²) in [7, 11) is 0. The minimum absolute atomic E-state index is 0.00443. The van der Waals surface area contributed by atoms with Crippen LogP contribution in [0.25, 0.3) is 16.5 Å². The van der Waals surface area contributed by atoms with E-state index in [1.807, 2.05) is 37.3 Å². The van der Waals surface area contributed by atoms with E-state index in [1.54, 1.807) is 27.2 Å². The van der Waals surface area contributed by atoms with Gasteiger partial charge in [-0.3, -0.25) is 4.79 Å². The molecule has 1 aromatic heterocycles. The maximum atomic E-state index is 12.4. The van der Waals surface area contributed by atoms with Gasteiger partial charge in [-0.1, -0.05) is 30.3 Å². The van der Waals surface area contributed by atoms with E-state index in [2.05, 4.69) is 23.5 Å². The molecule has 0 aliphatic carbocycles. The van der Waals surface area contributed by atoms with Gasteiger partial charge in [0.15, 0.2) is 0 Å². The average Bonchev–Trinajstić information content (AvgIpc) is 3.16. The zero-order valence-corrected chi connectivity index (χ0v) is 15.7. The highest BCUT2D eigenvalue weighted by Gasteiger charge is 2.22. The van der Waals surface area contributed by atoms with Crippen LogP contribution in [-0.2, 0) is 4.79 Å². The van der Waals surface area contributed by atoms with Crippen molar-refractivity contribution in [2.45, 2.75) is 6.92 Å². The summed E-state index contributed by atoms with van der Waals surface area (Å²) in [6, 6.07) is 14.3. The smallest absolute Gasteiger partial charge is 0.317 e. The summed E-state index contributed by atoms with van der Waals surface area (Å²) >= 11 is 1.67. The molecule has 26 heavy (non-hydrogen) atoms. The van der Waals surface area contributed by atoms with Gasteiger partial charge in [0.25, 0.3) is 0 Å². The summed E-state index contributed by atoms with van der Waals surface area (Å²) in [5.41, 5.74) is 1.19. The van der Waals surface area contributed by atoms with Crippen molar-refractivity contribution < 1.29 is 9.59 Å². The van der Waals surface area contributed by atoms with Gasteiger partial charge < -0.3 is 15.1 Å². The van der Waals surface area contributed by atoms with Gasteiger partial charge in [0.1, 0.15) is 0 Å². The molecule has 2 heterocycles. The molecular formula is C20H23N3O2S. The fourth-order valence-corrected chi connectivity index (χ4v) is 3.77. The molecular weight excluding hydrogens is 346 g/mol. The Morgan fingerprint density at radius 3 is 2.42 bits per heavy atom. The van der Waals surface area contributed by atoms with Crippen LogP contribution in [-0.4, -0.2) is 54.5 Å². The van der Waals surface area contributed by atoms with Gasteiger partial charge in [0.2, 0.25) is 5.91 Å². The number of benzene rings is 1. The lowest BCUT2D eigenvalue weighted by atomic mass is 10.2. The van der Waals surface area contributed by atoms with Gasteiger partial charge in [-0.05, 0) is 30.7 Å². The Morgan fingerprint density at radius 1 is 1.04 bits per heavy atom. The molecule has 1 N–H and O–H groups in total. The third-order valence-corrected chi connectivity index (χ3v) is 5.38. The number of thiophene rings is 1. The normalized spacial score (nSPS) is 14.7. The molecule has 2 aromatic rings. The summed E-state index contributed by atoms with van der Waals surface area (Å²) < 4.78 is 0. The molecule has 5 nitrogen and oxygen atoms in total. The van der Waals surface area contributed by atoms with Crippen LogP contribution in [0, 0.1) is 0 Å². The molecule has 0 radical (unpaired) electrons. The van der Waals surface area contributed by atoms with E-state index >= 15 is 0 Å². The molecule has 0 atom stereocenters. The molecule has 3 amide bonds. The first-order valence-corrected chi connectivity index (χ1v) is 9.64. The van der Waals surface area contributed by atoms with E-state index in [-0.39, 0.29) is 11.9 Å². The fourth-order valence-electron chi connectivity index (χ4n) is 2.85. The second kappa shape index (κ2) is 8.67. The van der Waals surface area contributed by atoms with Crippen molar-refractivity contribution in [1.29, 1.82) is 0 Å². The first-order valence-electron chi connectivity index (χ1n) is 8.82. The van der Waals surface area contributed by atoms with Crippen LogP contribution in [0.1, 0.15) is 11.8 Å². The number of urea groups is 1. The predicted octanol–water partition coefficient (Wildman–Crippen LogP) is 3.30. The lowest BCUT2D eigenvalue weighted by Gasteiger charge is -2.34. The monoisotopic (exact) mass is 369 g/mol. The van der Waals surface area contributed by atoms with Crippen LogP contribution in [0.3, 0.4) is 0 Å². The van der Waals surface area contributed by atoms with Crippen molar-refractivity contribution >= 4 is 29.4 Å². The van der Waals surface area contributed by atoms with E-state index in [4.69, 9.17) is 0 Å². The van der Waals surface area contributed by atoms with Crippen molar-refractivity contribution in [3.63, 3.8) is 0 Å². The lowest BCUT2D eigenvalue weighted by molar-refractivity contribution is -0.127. The Kier molecular flexibility index (Phi) is 6.07. The maximum Gasteiger partial charge on any atom is 0.317 e. The molecule has 0 unspecified atom stereocenters. The molecule has 0 bridgehead atoms. The largest absolute Gasteiger partial charge is 0.338 e. The number of hydrogen-bond donors (Lipinski definition) is 1. The minimum Gasteiger partial charge on any atom is -0.338 e. The van der Waals surface area contributed by atoms with E-state index < -0.39 is 0 Å². The number of rotatable bonds is 4. The van der Waals surface area contributed by atoms with Crippen molar-refractivity contribution in [3.05, 3.63) is 53.4 Å². The van der Waals surface area contributed by atoms with Crippen LogP contribution >= 0.6 is 11.3 Å². The SMILES string of the molecule is CCNC(=O)N1CCN(C(=O)/C=C/c2ccc(-c3ccccc3)s2)CC1. The topological polar surface area (TPSA) is 52.7 Å². The Balaban J connectivity index is 1.54. The Morgan fingerprint density at radius 2 is 1.73 bits per heavy atom. The lowest BCUT2D eigenvalue weighted by Crippen LogP contribution is -2.52. The summed E-state index contributed by atoms with van der Waals surface area (Å²) in [5.74, 6) is -0.00443. The number of hydrogen-bond acceptors (Lipinski definition) is 3. The quantitative estimate of drug-likeness (QED) is 0.841. The zero-order valence-electron chi connectivity index (χ0n) is 14.9. The first kappa shape index (κ1) is 18.2. The Hall–Kier alpha value is -2.60. The number of carbonyl (C=O) groups excluding carboxylic acids is 2.